The van der Waals surface area contributed by atoms with E-state index in [1.165, 1.54) is 0 Å². The van der Waals surface area contributed by atoms with Gasteiger partial charge in [0.05, 0.1) is 8.07 Å². The van der Waals surface area contributed by atoms with Gasteiger partial charge in [0.25, 0.3) is 5.91 Å². The molecule has 4 N–H and O–H groups in total. The number of hydrogen-bond acceptors (Lipinski definition) is 4. The standard InChI is InChI=1S/C20H32ClN3O3Si/c1-20(2,3)17(25)19(27)24-12-28(4,5)11-16(24)18(26)23-10-14-8-15(21)7-6-13(14)9-22/h6-8,16-17,25H,9-12,22H2,1-5H3,(H,23,26). The molecular weight excluding hydrogens is 394 g/mol. The van der Waals surface area contributed by atoms with Gasteiger partial charge in [-0.25, -0.2) is 0 Å². The molecule has 2 rings (SSSR count). The summed E-state index contributed by atoms with van der Waals surface area (Å²) in [5.41, 5.74) is 6.97. The molecule has 2 amide bonds. The van der Waals surface area contributed by atoms with Crippen LogP contribution in [0, 0.1) is 5.41 Å². The van der Waals surface area contributed by atoms with Gasteiger partial charge in [-0.15, -0.1) is 0 Å². The fourth-order valence-corrected chi connectivity index (χ4v) is 6.60. The summed E-state index contributed by atoms with van der Waals surface area (Å²) in [5.74, 6) is -0.563. The van der Waals surface area contributed by atoms with Crippen molar-refractivity contribution in [2.45, 2.75) is 65.1 Å². The summed E-state index contributed by atoms with van der Waals surface area (Å²) < 4.78 is 0. The Bertz CT molecular complexity index is 749. The van der Waals surface area contributed by atoms with Crippen LogP contribution >= 0.6 is 11.6 Å². The number of benzene rings is 1. The van der Waals surface area contributed by atoms with Gasteiger partial charge in [-0.3, -0.25) is 9.59 Å². The van der Waals surface area contributed by atoms with E-state index in [1.807, 2.05) is 26.8 Å². The first-order valence-electron chi connectivity index (χ1n) is 9.59. The van der Waals surface area contributed by atoms with E-state index in [1.54, 1.807) is 17.0 Å². The molecule has 1 aromatic rings. The molecule has 2 atom stereocenters. The maximum atomic E-state index is 12.9. The van der Waals surface area contributed by atoms with Gasteiger partial charge in [0.1, 0.15) is 12.1 Å². The fraction of sp³-hybridized carbons (Fsp3) is 0.600. The van der Waals surface area contributed by atoms with Crippen LogP contribution in [-0.2, 0) is 22.7 Å². The van der Waals surface area contributed by atoms with E-state index in [9.17, 15) is 14.7 Å². The molecule has 0 radical (unpaired) electrons. The van der Waals surface area contributed by atoms with Gasteiger partial charge in [0, 0.05) is 24.3 Å². The molecule has 0 aromatic heterocycles. The minimum absolute atomic E-state index is 0.199. The molecule has 1 aromatic carbocycles. The molecule has 0 saturated carbocycles. The van der Waals surface area contributed by atoms with Crippen LogP contribution in [0.2, 0.25) is 24.2 Å². The van der Waals surface area contributed by atoms with Crippen LogP contribution in [0.15, 0.2) is 18.2 Å². The molecule has 1 saturated heterocycles. The normalized spacial score (nSPS) is 20.1. The lowest BCUT2D eigenvalue weighted by atomic mass is 9.88. The summed E-state index contributed by atoms with van der Waals surface area (Å²) in [6, 6.07) is 5.55. The molecule has 1 fully saturated rings. The highest BCUT2D eigenvalue weighted by Crippen LogP contribution is 2.30. The zero-order valence-corrected chi connectivity index (χ0v) is 19.1. The van der Waals surface area contributed by atoms with Crippen molar-refractivity contribution >= 4 is 31.5 Å². The number of nitrogens with zero attached hydrogens (tertiary/aromatic N) is 1. The van der Waals surface area contributed by atoms with Gasteiger partial charge < -0.3 is 21.1 Å². The molecule has 1 heterocycles. The van der Waals surface area contributed by atoms with Crippen LogP contribution in [0.3, 0.4) is 0 Å². The Hall–Kier alpha value is -1.41. The summed E-state index contributed by atoms with van der Waals surface area (Å²) in [6.07, 6.45) is -0.565. The van der Waals surface area contributed by atoms with Crippen molar-refractivity contribution in [3.63, 3.8) is 0 Å². The highest BCUT2D eigenvalue weighted by atomic mass is 35.5. The summed E-state index contributed by atoms with van der Waals surface area (Å²) in [6.45, 7) is 10.4. The Morgan fingerprint density at radius 3 is 2.57 bits per heavy atom. The van der Waals surface area contributed by atoms with Gasteiger partial charge in [0.15, 0.2) is 0 Å². The van der Waals surface area contributed by atoms with E-state index >= 15 is 0 Å². The molecule has 28 heavy (non-hydrogen) atoms. The van der Waals surface area contributed by atoms with Crippen LogP contribution in [0.1, 0.15) is 31.9 Å². The third-order valence-electron chi connectivity index (χ3n) is 5.20. The van der Waals surface area contributed by atoms with Gasteiger partial charge in [-0.2, -0.15) is 0 Å². The van der Waals surface area contributed by atoms with Gasteiger partial charge in [-0.1, -0.05) is 51.5 Å². The smallest absolute Gasteiger partial charge is 0.252 e. The highest BCUT2D eigenvalue weighted by Gasteiger charge is 2.47. The third-order valence-corrected chi connectivity index (χ3v) is 8.13. The number of hydrogen-bond donors (Lipinski definition) is 3. The maximum Gasteiger partial charge on any atom is 0.252 e. The highest BCUT2D eigenvalue weighted by molar-refractivity contribution is 6.79. The maximum absolute atomic E-state index is 12.9. The van der Waals surface area contributed by atoms with Crippen molar-refractivity contribution in [2.24, 2.45) is 11.1 Å². The minimum atomic E-state index is -1.74. The Morgan fingerprint density at radius 1 is 1.36 bits per heavy atom. The summed E-state index contributed by atoms with van der Waals surface area (Å²) >= 11 is 6.07. The molecular formula is C20H32ClN3O3Si. The molecule has 1 aliphatic heterocycles. The molecule has 6 nitrogen and oxygen atoms in total. The fourth-order valence-electron chi connectivity index (χ4n) is 3.52. The Labute approximate surface area is 173 Å². The average Bonchev–Trinajstić information content (AvgIpc) is 2.93. The molecule has 1 aliphatic rings. The minimum Gasteiger partial charge on any atom is -0.383 e. The van der Waals surface area contributed by atoms with Crippen molar-refractivity contribution in [1.29, 1.82) is 0 Å². The van der Waals surface area contributed by atoms with E-state index in [0.29, 0.717) is 30.3 Å². The number of amides is 2. The van der Waals surface area contributed by atoms with E-state index in [2.05, 4.69) is 18.4 Å². The van der Waals surface area contributed by atoms with Crippen LogP contribution in [-0.4, -0.2) is 48.2 Å². The number of carbonyl (C=O) groups is 2. The van der Waals surface area contributed by atoms with Crippen LogP contribution in [0.5, 0.6) is 0 Å². The van der Waals surface area contributed by atoms with Crippen molar-refractivity contribution in [3.05, 3.63) is 34.3 Å². The topological polar surface area (TPSA) is 95.7 Å². The predicted molar refractivity (Wildman–Crippen MR) is 114 cm³/mol. The first-order valence-corrected chi connectivity index (χ1v) is 13.4. The second kappa shape index (κ2) is 8.53. The number of nitrogens with one attached hydrogen (secondary N) is 1. The van der Waals surface area contributed by atoms with Gasteiger partial charge >= 0.3 is 0 Å². The summed E-state index contributed by atoms with van der Waals surface area (Å²) in [4.78, 5) is 27.4. The number of halogens is 1. The largest absolute Gasteiger partial charge is 0.383 e. The van der Waals surface area contributed by atoms with E-state index in [0.717, 1.165) is 11.1 Å². The Balaban J connectivity index is 2.16. The van der Waals surface area contributed by atoms with Crippen molar-refractivity contribution in [3.8, 4) is 0 Å². The average molecular weight is 426 g/mol. The van der Waals surface area contributed by atoms with Crippen molar-refractivity contribution < 1.29 is 14.7 Å². The number of aliphatic hydroxyl groups excluding tert-OH is 1. The predicted octanol–water partition coefficient (Wildman–Crippen LogP) is 2.28. The molecule has 2 unspecified atom stereocenters. The molecule has 0 aliphatic carbocycles. The second-order valence-corrected chi connectivity index (χ2v) is 14.9. The number of aliphatic hydroxyl groups is 1. The summed E-state index contributed by atoms with van der Waals surface area (Å²) in [5, 5.41) is 14.0. The van der Waals surface area contributed by atoms with Crippen LogP contribution < -0.4 is 11.1 Å². The Morgan fingerprint density at radius 2 is 2.00 bits per heavy atom. The van der Waals surface area contributed by atoms with Gasteiger partial charge in [0.2, 0.25) is 5.91 Å². The van der Waals surface area contributed by atoms with Crippen LogP contribution in [0.4, 0.5) is 0 Å². The number of rotatable bonds is 5. The molecule has 8 heteroatoms. The Kier molecular flexibility index (Phi) is 6.97. The third kappa shape index (κ3) is 5.35. The van der Waals surface area contributed by atoms with Crippen molar-refractivity contribution in [2.75, 3.05) is 6.17 Å². The number of nitrogens with two attached hydrogens (primary N) is 1. The molecule has 0 spiro atoms. The lowest BCUT2D eigenvalue weighted by molar-refractivity contribution is -0.149. The SMILES string of the molecule is CC(C)(C)C(O)C(=O)N1C[Si](C)(C)CC1C(=O)NCc1cc(Cl)ccc1CN. The molecule has 156 valence electrons. The zero-order valence-electron chi connectivity index (χ0n) is 17.4. The monoisotopic (exact) mass is 425 g/mol. The second-order valence-electron chi connectivity index (χ2n) is 9.45. The lowest BCUT2D eigenvalue weighted by Gasteiger charge is -2.32. The summed E-state index contributed by atoms with van der Waals surface area (Å²) in [7, 11) is -1.74. The lowest BCUT2D eigenvalue weighted by Crippen LogP contribution is -2.52. The first kappa shape index (κ1) is 22.9. The van der Waals surface area contributed by atoms with E-state index < -0.39 is 25.6 Å². The van der Waals surface area contributed by atoms with E-state index in [-0.39, 0.29) is 11.8 Å². The number of carbonyl (C=O) groups excluding carboxylic acids is 2. The van der Waals surface area contributed by atoms with Gasteiger partial charge in [-0.05, 0) is 34.7 Å². The molecule has 0 bridgehead atoms. The quantitative estimate of drug-likeness (QED) is 0.630. The van der Waals surface area contributed by atoms with Crippen molar-refractivity contribution in [1.82, 2.24) is 10.2 Å². The zero-order chi connectivity index (χ0) is 21.3. The van der Waals surface area contributed by atoms with E-state index in [4.69, 9.17) is 17.3 Å². The first-order chi connectivity index (χ1) is 12.9. The van der Waals surface area contributed by atoms with Crippen LogP contribution in [0.25, 0.3) is 0 Å².